The van der Waals surface area contributed by atoms with Crippen LogP contribution in [0.1, 0.15) is 42.7 Å². The summed E-state index contributed by atoms with van der Waals surface area (Å²) in [6, 6.07) is 9.28. The van der Waals surface area contributed by atoms with E-state index in [1.54, 1.807) is 19.1 Å². The molecule has 2 N–H and O–H groups in total. The zero-order chi connectivity index (χ0) is 22.7. The summed E-state index contributed by atoms with van der Waals surface area (Å²) in [6.07, 6.45) is 0. The molecule has 1 saturated heterocycles. The maximum atomic E-state index is 12.6. The van der Waals surface area contributed by atoms with Crippen molar-refractivity contribution >= 4 is 28.3 Å². The molecule has 0 atom stereocenters. The normalized spacial score (nSPS) is 13.8. The highest BCUT2D eigenvalue weighted by Gasteiger charge is 2.21. The summed E-state index contributed by atoms with van der Waals surface area (Å²) in [5.74, 6) is -0.768. The van der Waals surface area contributed by atoms with Gasteiger partial charge in [-0.3, -0.25) is 25.1 Å². The number of benzene rings is 1. The van der Waals surface area contributed by atoms with Crippen LogP contribution in [0.3, 0.4) is 0 Å². The highest BCUT2D eigenvalue weighted by atomic mass is 32.1. The molecule has 0 radical (unpaired) electrons. The number of amides is 2. The van der Waals surface area contributed by atoms with Crippen LogP contribution in [0.5, 0.6) is 0 Å². The smallest absolute Gasteiger partial charge is 0.281 e. The standard InChI is InChI=1S/C22H26N6O3S/c1-14-11-15(2)28(26-14)13-17-5-4-6-18(12-17)20(29)24-25-21(30)19-16(3)23-22(32-19)27-7-9-31-10-8-27/h4-6,11-12H,7-10,13H2,1-3H3,(H,24,29)(H,25,30). The molecule has 9 nitrogen and oxygen atoms in total. The number of nitrogens with zero attached hydrogens (tertiary/aromatic N) is 4. The SMILES string of the molecule is Cc1cc(C)n(Cc2cccc(C(=O)NNC(=O)c3sc(N4CCOCC4)nc3C)c2)n1. The number of aromatic nitrogens is 3. The van der Waals surface area contributed by atoms with E-state index in [1.165, 1.54) is 11.3 Å². The molecule has 3 heterocycles. The third kappa shape index (κ3) is 4.97. The lowest BCUT2D eigenvalue weighted by Gasteiger charge is -2.25. The third-order valence-electron chi connectivity index (χ3n) is 5.19. The topological polar surface area (TPSA) is 101 Å². The van der Waals surface area contributed by atoms with Gasteiger partial charge in [0.2, 0.25) is 0 Å². The number of aryl methyl sites for hydroxylation is 3. The maximum Gasteiger partial charge on any atom is 0.281 e. The fourth-order valence-electron chi connectivity index (χ4n) is 3.54. The second-order valence-electron chi connectivity index (χ2n) is 7.70. The largest absolute Gasteiger partial charge is 0.378 e. The van der Waals surface area contributed by atoms with Gasteiger partial charge >= 0.3 is 0 Å². The molecular formula is C22H26N6O3S. The Labute approximate surface area is 190 Å². The van der Waals surface area contributed by atoms with E-state index < -0.39 is 0 Å². The number of carbonyl (C=O) groups is 2. The molecule has 1 fully saturated rings. The monoisotopic (exact) mass is 454 g/mol. The zero-order valence-electron chi connectivity index (χ0n) is 18.3. The zero-order valence-corrected chi connectivity index (χ0v) is 19.2. The number of hydrogen-bond donors (Lipinski definition) is 2. The number of ether oxygens (including phenoxy) is 1. The lowest BCUT2D eigenvalue weighted by Crippen LogP contribution is -2.41. The van der Waals surface area contributed by atoms with Crippen molar-refractivity contribution in [2.24, 2.45) is 0 Å². The lowest BCUT2D eigenvalue weighted by molar-refractivity contribution is 0.0848. The van der Waals surface area contributed by atoms with Gasteiger partial charge in [-0.2, -0.15) is 5.10 Å². The van der Waals surface area contributed by atoms with E-state index >= 15 is 0 Å². The molecule has 32 heavy (non-hydrogen) atoms. The molecule has 0 spiro atoms. The Bertz CT molecular complexity index is 1130. The summed E-state index contributed by atoms with van der Waals surface area (Å²) in [7, 11) is 0. The number of anilines is 1. The van der Waals surface area contributed by atoms with Crippen LogP contribution in [-0.4, -0.2) is 52.9 Å². The van der Waals surface area contributed by atoms with E-state index in [0.717, 1.165) is 35.2 Å². The second-order valence-corrected chi connectivity index (χ2v) is 8.68. The van der Waals surface area contributed by atoms with Gasteiger partial charge in [0.25, 0.3) is 11.8 Å². The molecule has 1 aliphatic heterocycles. The number of rotatable bonds is 5. The maximum absolute atomic E-state index is 12.6. The van der Waals surface area contributed by atoms with Crippen molar-refractivity contribution in [3.8, 4) is 0 Å². The Morgan fingerprint density at radius 2 is 1.84 bits per heavy atom. The van der Waals surface area contributed by atoms with Crippen LogP contribution in [0.15, 0.2) is 30.3 Å². The van der Waals surface area contributed by atoms with Crippen molar-refractivity contribution in [1.82, 2.24) is 25.6 Å². The van der Waals surface area contributed by atoms with Gasteiger partial charge in [0.05, 0.1) is 31.1 Å². The van der Waals surface area contributed by atoms with Crippen LogP contribution in [0.2, 0.25) is 0 Å². The van der Waals surface area contributed by atoms with Crippen molar-refractivity contribution in [2.75, 3.05) is 31.2 Å². The van der Waals surface area contributed by atoms with Crippen LogP contribution in [-0.2, 0) is 11.3 Å². The lowest BCUT2D eigenvalue weighted by atomic mass is 10.1. The highest BCUT2D eigenvalue weighted by molar-refractivity contribution is 7.17. The first kappa shape index (κ1) is 22.0. The minimum atomic E-state index is -0.385. The Balaban J connectivity index is 1.38. The van der Waals surface area contributed by atoms with E-state index in [9.17, 15) is 9.59 Å². The molecular weight excluding hydrogens is 428 g/mol. The van der Waals surface area contributed by atoms with E-state index in [-0.39, 0.29) is 11.8 Å². The first-order chi connectivity index (χ1) is 15.4. The van der Waals surface area contributed by atoms with E-state index in [4.69, 9.17) is 4.74 Å². The van der Waals surface area contributed by atoms with Crippen molar-refractivity contribution in [2.45, 2.75) is 27.3 Å². The molecule has 2 amide bonds. The number of hydrazine groups is 1. The summed E-state index contributed by atoms with van der Waals surface area (Å²) >= 11 is 1.31. The predicted molar refractivity (Wildman–Crippen MR) is 122 cm³/mol. The molecule has 168 valence electrons. The molecule has 1 aromatic carbocycles. The minimum absolute atomic E-state index is 0.383. The highest BCUT2D eigenvalue weighted by Crippen LogP contribution is 2.26. The molecule has 1 aliphatic rings. The van der Waals surface area contributed by atoms with Gasteiger partial charge < -0.3 is 9.64 Å². The molecule has 0 saturated carbocycles. The van der Waals surface area contributed by atoms with Gasteiger partial charge in [0, 0.05) is 24.3 Å². The summed E-state index contributed by atoms with van der Waals surface area (Å²) in [6.45, 7) is 9.10. The fourth-order valence-corrected chi connectivity index (χ4v) is 4.56. The molecule has 0 bridgehead atoms. The number of thiazole rings is 1. The van der Waals surface area contributed by atoms with Gasteiger partial charge in [-0.05, 0) is 44.5 Å². The van der Waals surface area contributed by atoms with Gasteiger partial charge in [-0.25, -0.2) is 4.98 Å². The van der Waals surface area contributed by atoms with Crippen LogP contribution >= 0.6 is 11.3 Å². The van der Waals surface area contributed by atoms with E-state index in [0.29, 0.717) is 35.9 Å². The van der Waals surface area contributed by atoms with Gasteiger partial charge in [-0.15, -0.1) is 0 Å². The second kappa shape index (κ2) is 9.49. The van der Waals surface area contributed by atoms with Gasteiger partial charge in [0.1, 0.15) is 4.88 Å². The molecule has 3 aromatic rings. The fraction of sp³-hybridized carbons (Fsp3) is 0.364. The van der Waals surface area contributed by atoms with Crippen LogP contribution in [0.25, 0.3) is 0 Å². The van der Waals surface area contributed by atoms with Crippen LogP contribution < -0.4 is 15.8 Å². The van der Waals surface area contributed by atoms with Gasteiger partial charge in [-0.1, -0.05) is 23.5 Å². The van der Waals surface area contributed by atoms with E-state index in [1.807, 2.05) is 36.7 Å². The number of hydrogen-bond acceptors (Lipinski definition) is 7. The predicted octanol–water partition coefficient (Wildman–Crippen LogP) is 2.22. The first-order valence-corrected chi connectivity index (χ1v) is 11.2. The molecule has 0 aliphatic carbocycles. The Morgan fingerprint density at radius 1 is 1.09 bits per heavy atom. The third-order valence-corrected chi connectivity index (χ3v) is 6.40. The molecule has 10 heteroatoms. The summed E-state index contributed by atoms with van der Waals surface area (Å²) in [5.41, 5.74) is 9.06. The summed E-state index contributed by atoms with van der Waals surface area (Å²) in [5, 5.41) is 5.25. The first-order valence-electron chi connectivity index (χ1n) is 10.4. The summed E-state index contributed by atoms with van der Waals surface area (Å²) in [4.78, 5) is 32.3. The Hall–Kier alpha value is -3.24. The quantitative estimate of drug-likeness (QED) is 0.574. The molecule has 0 unspecified atom stereocenters. The Morgan fingerprint density at radius 3 is 2.56 bits per heavy atom. The number of morpholine rings is 1. The average Bonchev–Trinajstić information content (AvgIpc) is 3.33. The van der Waals surface area contributed by atoms with E-state index in [2.05, 4.69) is 25.8 Å². The van der Waals surface area contributed by atoms with Crippen molar-refractivity contribution in [3.05, 3.63) is 63.4 Å². The number of carbonyl (C=O) groups excluding carboxylic acids is 2. The molecule has 4 rings (SSSR count). The average molecular weight is 455 g/mol. The van der Waals surface area contributed by atoms with Crippen molar-refractivity contribution in [3.63, 3.8) is 0 Å². The van der Waals surface area contributed by atoms with Crippen LogP contribution in [0.4, 0.5) is 5.13 Å². The Kier molecular flexibility index (Phi) is 6.52. The van der Waals surface area contributed by atoms with Crippen molar-refractivity contribution in [1.29, 1.82) is 0 Å². The number of nitrogens with one attached hydrogen (secondary N) is 2. The van der Waals surface area contributed by atoms with Gasteiger partial charge in [0.15, 0.2) is 5.13 Å². The minimum Gasteiger partial charge on any atom is -0.378 e. The summed E-state index contributed by atoms with van der Waals surface area (Å²) < 4.78 is 7.26. The van der Waals surface area contributed by atoms with Crippen molar-refractivity contribution < 1.29 is 14.3 Å². The van der Waals surface area contributed by atoms with Crippen LogP contribution in [0, 0.1) is 20.8 Å². The molecule has 2 aromatic heterocycles.